The first-order chi connectivity index (χ1) is 7.57. The van der Waals surface area contributed by atoms with Crippen molar-refractivity contribution < 1.29 is 23.7 Å². The fourth-order valence-electron chi connectivity index (χ4n) is 1.95. The monoisotopic (exact) mass is 226 g/mol. The van der Waals surface area contributed by atoms with Gasteiger partial charge in [0.05, 0.1) is 0 Å². The van der Waals surface area contributed by atoms with Gasteiger partial charge < -0.3 is 23.7 Å². The quantitative estimate of drug-likeness (QED) is 0.504. The molecule has 0 aromatic heterocycles. The summed E-state index contributed by atoms with van der Waals surface area (Å²) in [5.74, 6) is 1.63. The molecule has 0 radical (unpaired) electrons. The van der Waals surface area contributed by atoms with Gasteiger partial charge in [-0.25, -0.2) is 0 Å². The van der Waals surface area contributed by atoms with E-state index in [9.17, 15) is 4.79 Å². The van der Waals surface area contributed by atoms with Gasteiger partial charge in [0.2, 0.25) is 0 Å². The predicted octanol–water partition coefficient (Wildman–Crippen LogP) is 0.0801. The number of carbonyl (C=O) groups excluding carboxylic acids is 1. The summed E-state index contributed by atoms with van der Waals surface area (Å²) < 4.78 is 21.8. The highest BCUT2D eigenvalue weighted by Crippen LogP contribution is 2.38. The molecule has 0 unspecified atom stereocenters. The lowest BCUT2D eigenvalue weighted by Gasteiger charge is -2.22. The minimum absolute atomic E-state index is 0.116. The summed E-state index contributed by atoms with van der Waals surface area (Å²) in [7, 11) is 0. The van der Waals surface area contributed by atoms with E-state index in [4.69, 9.17) is 25.4 Å². The Morgan fingerprint density at radius 1 is 1.50 bits per heavy atom. The van der Waals surface area contributed by atoms with Crippen LogP contribution < -0.4 is 0 Å². The Kier molecular flexibility index (Phi) is 3.00. The van der Waals surface area contributed by atoms with Gasteiger partial charge in [-0.15, -0.1) is 6.42 Å². The summed E-state index contributed by atoms with van der Waals surface area (Å²) in [4.78, 5) is 10.8. The molecule has 0 spiro atoms. The number of carbonyl (C=O) groups is 1. The van der Waals surface area contributed by atoms with Gasteiger partial charge in [0, 0.05) is 0 Å². The minimum Gasteiger partial charge on any atom is -0.359 e. The van der Waals surface area contributed by atoms with Crippen molar-refractivity contribution in [3.8, 4) is 12.3 Å². The molecule has 0 amide bonds. The molecule has 0 aromatic carbocycles. The average molecular weight is 226 g/mol. The van der Waals surface area contributed by atoms with E-state index in [1.54, 1.807) is 13.8 Å². The first-order valence-corrected chi connectivity index (χ1v) is 5.09. The fraction of sp³-hybridized carbons (Fsp3) is 0.727. The molecule has 2 rings (SSSR count). The van der Waals surface area contributed by atoms with Crippen molar-refractivity contribution in [2.24, 2.45) is 0 Å². The molecule has 0 saturated carbocycles. The average Bonchev–Trinajstić information content (AvgIpc) is 2.67. The van der Waals surface area contributed by atoms with Crippen molar-refractivity contribution in [1.29, 1.82) is 0 Å². The second-order valence-corrected chi connectivity index (χ2v) is 4.19. The maximum Gasteiger partial charge on any atom is 0.190 e. The van der Waals surface area contributed by atoms with Gasteiger partial charge >= 0.3 is 0 Å². The molecule has 2 saturated heterocycles. The van der Waals surface area contributed by atoms with Crippen LogP contribution >= 0.6 is 0 Å². The second-order valence-electron chi connectivity index (χ2n) is 4.19. The number of hydrogen-bond donors (Lipinski definition) is 0. The number of hydrogen-bond acceptors (Lipinski definition) is 5. The minimum atomic E-state index is -0.721. The standard InChI is InChI=1S/C11H14O5/c1-4-5-13-8-7(6-12)14-10-9(8)15-11(2,3)16-10/h1,6-10H,5H2,2-3H3/t7-,8+,9-,10-/m1/s1. The zero-order valence-corrected chi connectivity index (χ0v) is 9.21. The highest BCUT2D eigenvalue weighted by Gasteiger charge is 2.55. The lowest BCUT2D eigenvalue weighted by atomic mass is 10.1. The summed E-state index contributed by atoms with van der Waals surface area (Å²) in [6.07, 6.45) is 3.64. The Bertz CT molecular complexity index is 319. The zero-order chi connectivity index (χ0) is 11.8. The summed E-state index contributed by atoms with van der Waals surface area (Å²) in [5, 5.41) is 0. The van der Waals surface area contributed by atoms with E-state index in [1.165, 1.54) is 0 Å². The highest BCUT2D eigenvalue weighted by atomic mass is 16.8. The van der Waals surface area contributed by atoms with Gasteiger partial charge in [0.25, 0.3) is 0 Å². The summed E-state index contributed by atoms with van der Waals surface area (Å²) in [6, 6.07) is 0. The molecule has 0 bridgehead atoms. The van der Waals surface area contributed by atoms with Crippen molar-refractivity contribution in [2.75, 3.05) is 6.61 Å². The molecule has 2 heterocycles. The lowest BCUT2D eigenvalue weighted by molar-refractivity contribution is -0.214. The summed E-state index contributed by atoms with van der Waals surface area (Å²) in [5.41, 5.74) is 0. The highest BCUT2D eigenvalue weighted by molar-refractivity contribution is 5.58. The van der Waals surface area contributed by atoms with E-state index in [2.05, 4.69) is 5.92 Å². The van der Waals surface area contributed by atoms with Crippen LogP contribution in [0, 0.1) is 12.3 Å². The maximum atomic E-state index is 10.8. The molecular weight excluding hydrogens is 212 g/mol. The van der Waals surface area contributed by atoms with E-state index in [0.29, 0.717) is 6.29 Å². The van der Waals surface area contributed by atoms with E-state index in [0.717, 1.165) is 0 Å². The van der Waals surface area contributed by atoms with E-state index < -0.39 is 30.4 Å². The smallest absolute Gasteiger partial charge is 0.190 e. The van der Waals surface area contributed by atoms with E-state index >= 15 is 0 Å². The second kappa shape index (κ2) is 4.15. The molecule has 5 heteroatoms. The molecule has 0 N–H and O–H groups in total. The van der Waals surface area contributed by atoms with Gasteiger partial charge in [-0.3, -0.25) is 0 Å². The molecular formula is C11H14O5. The van der Waals surface area contributed by atoms with Crippen LogP contribution in [0.5, 0.6) is 0 Å². The Morgan fingerprint density at radius 2 is 2.25 bits per heavy atom. The third-order valence-electron chi connectivity index (χ3n) is 2.52. The summed E-state index contributed by atoms with van der Waals surface area (Å²) >= 11 is 0. The van der Waals surface area contributed by atoms with Crippen LogP contribution in [0.15, 0.2) is 0 Å². The van der Waals surface area contributed by atoms with Gasteiger partial charge in [-0.2, -0.15) is 0 Å². The van der Waals surface area contributed by atoms with Gasteiger partial charge in [-0.1, -0.05) is 5.92 Å². The van der Waals surface area contributed by atoms with Crippen LogP contribution in [0.4, 0.5) is 0 Å². The van der Waals surface area contributed by atoms with Crippen molar-refractivity contribution in [2.45, 2.75) is 44.2 Å². The van der Waals surface area contributed by atoms with E-state index in [1.807, 2.05) is 0 Å². The van der Waals surface area contributed by atoms with Gasteiger partial charge in [0.15, 0.2) is 18.4 Å². The number of terminal acetylenes is 1. The lowest BCUT2D eigenvalue weighted by Crippen LogP contribution is -2.37. The molecule has 88 valence electrons. The molecule has 4 atom stereocenters. The third-order valence-corrected chi connectivity index (χ3v) is 2.52. The van der Waals surface area contributed by atoms with Crippen molar-refractivity contribution >= 4 is 6.29 Å². The Morgan fingerprint density at radius 3 is 2.88 bits per heavy atom. The molecule has 2 aliphatic heterocycles. The van der Waals surface area contributed by atoms with Crippen LogP contribution in [0.2, 0.25) is 0 Å². The number of rotatable bonds is 3. The predicted molar refractivity (Wildman–Crippen MR) is 53.3 cm³/mol. The van der Waals surface area contributed by atoms with Crippen LogP contribution in [0.1, 0.15) is 13.8 Å². The zero-order valence-electron chi connectivity index (χ0n) is 9.21. The molecule has 16 heavy (non-hydrogen) atoms. The van der Waals surface area contributed by atoms with Crippen LogP contribution in [-0.2, 0) is 23.7 Å². The summed E-state index contributed by atoms with van der Waals surface area (Å²) in [6.45, 7) is 3.68. The normalized spacial score (nSPS) is 40.3. The SMILES string of the molecule is C#CCO[C@@H]1[C@H]2OC(C)(C)O[C@H]2O[C@@H]1C=O. The molecule has 0 aromatic rings. The Labute approximate surface area is 94.0 Å². The third kappa shape index (κ3) is 1.97. The fourth-order valence-corrected chi connectivity index (χ4v) is 1.95. The van der Waals surface area contributed by atoms with Crippen LogP contribution in [0.3, 0.4) is 0 Å². The van der Waals surface area contributed by atoms with Gasteiger partial charge in [-0.05, 0) is 13.8 Å². The number of ether oxygens (including phenoxy) is 4. The Balaban J connectivity index is 2.08. The van der Waals surface area contributed by atoms with Crippen molar-refractivity contribution in [1.82, 2.24) is 0 Å². The molecule has 2 aliphatic rings. The topological polar surface area (TPSA) is 54.0 Å². The van der Waals surface area contributed by atoms with E-state index in [-0.39, 0.29) is 6.61 Å². The molecule has 0 aliphatic carbocycles. The van der Waals surface area contributed by atoms with Crippen molar-refractivity contribution in [3.63, 3.8) is 0 Å². The van der Waals surface area contributed by atoms with Crippen LogP contribution in [0.25, 0.3) is 0 Å². The van der Waals surface area contributed by atoms with Crippen LogP contribution in [-0.4, -0.2) is 43.3 Å². The Hall–Kier alpha value is -0.930. The number of fused-ring (bicyclic) bond motifs is 1. The molecule has 2 fully saturated rings. The molecule has 5 nitrogen and oxygen atoms in total. The largest absolute Gasteiger partial charge is 0.359 e. The van der Waals surface area contributed by atoms with Gasteiger partial charge in [0.1, 0.15) is 24.9 Å². The first-order valence-electron chi connectivity index (χ1n) is 5.09. The number of aldehydes is 1. The van der Waals surface area contributed by atoms with Crippen molar-refractivity contribution in [3.05, 3.63) is 0 Å². The first kappa shape index (κ1) is 11.6. The maximum absolute atomic E-state index is 10.8.